The molecule has 0 radical (unpaired) electrons. The second kappa shape index (κ2) is 11.1. The molecule has 1 aromatic heterocycles. The number of nitrogens with zero attached hydrogens (tertiary/aromatic N) is 3. The standard InChI is InChI=1S/C25H26F2N4O2S/c1-4-5-6-13-33-22-12-11-19(14-20(22)25(2,26)27)31(3)24-30-21(16-34-24)23(32)29-18-9-7-17(15-28)8-10-18/h7-12,14,16H,4-6,13H2,1-3H3,(H,29,32). The third-order valence-electron chi connectivity index (χ3n) is 5.11. The summed E-state index contributed by atoms with van der Waals surface area (Å²) in [5.74, 6) is -3.31. The summed E-state index contributed by atoms with van der Waals surface area (Å²) in [4.78, 5) is 18.6. The summed E-state index contributed by atoms with van der Waals surface area (Å²) in [6, 6.07) is 13.1. The number of alkyl halides is 2. The molecule has 0 unspecified atom stereocenters. The van der Waals surface area contributed by atoms with Gasteiger partial charge in [0.2, 0.25) is 0 Å². The zero-order valence-corrected chi connectivity index (χ0v) is 20.1. The number of amides is 1. The number of nitriles is 1. The van der Waals surface area contributed by atoms with Crippen LogP contribution in [-0.4, -0.2) is 24.5 Å². The topological polar surface area (TPSA) is 78.2 Å². The van der Waals surface area contributed by atoms with Gasteiger partial charge in [-0.25, -0.2) is 13.8 Å². The first-order valence-electron chi connectivity index (χ1n) is 10.9. The highest BCUT2D eigenvalue weighted by Crippen LogP contribution is 2.39. The molecule has 0 saturated heterocycles. The van der Waals surface area contributed by atoms with Crippen LogP contribution < -0.4 is 15.0 Å². The Morgan fingerprint density at radius 3 is 2.62 bits per heavy atom. The molecule has 9 heteroatoms. The van der Waals surface area contributed by atoms with E-state index in [0.717, 1.165) is 26.2 Å². The fourth-order valence-electron chi connectivity index (χ4n) is 3.19. The smallest absolute Gasteiger partial charge is 0.275 e. The SMILES string of the molecule is CCCCCOc1ccc(N(C)c2nc(C(=O)Nc3ccc(C#N)cc3)cs2)cc1C(C)(F)F. The summed E-state index contributed by atoms with van der Waals surface area (Å²) in [5.41, 5.74) is 1.55. The van der Waals surface area contributed by atoms with Crippen molar-refractivity contribution in [3.63, 3.8) is 0 Å². The van der Waals surface area contributed by atoms with Crippen LogP contribution in [0.1, 0.15) is 54.7 Å². The molecule has 2 aromatic carbocycles. The monoisotopic (exact) mass is 484 g/mol. The lowest BCUT2D eigenvalue weighted by atomic mass is 10.1. The van der Waals surface area contributed by atoms with Gasteiger partial charge in [0.15, 0.2) is 5.13 Å². The minimum atomic E-state index is -3.08. The normalized spacial score (nSPS) is 11.1. The molecular weight excluding hydrogens is 458 g/mol. The van der Waals surface area contributed by atoms with Gasteiger partial charge in [-0.3, -0.25) is 4.79 Å². The first kappa shape index (κ1) is 25.1. The molecule has 34 heavy (non-hydrogen) atoms. The molecule has 0 fully saturated rings. The van der Waals surface area contributed by atoms with Crippen LogP contribution in [-0.2, 0) is 5.92 Å². The molecule has 0 bridgehead atoms. The van der Waals surface area contributed by atoms with Gasteiger partial charge in [0.05, 0.1) is 23.8 Å². The number of halogens is 2. The number of unbranched alkanes of at least 4 members (excludes halogenated alkanes) is 2. The van der Waals surface area contributed by atoms with E-state index < -0.39 is 11.8 Å². The predicted octanol–water partition coefficient (Wildman–Crippen LogP) is 6.72. The summed E-state index contributed by atoms with van der Waals surface area (Å²) in [5, 5.41) is 13.7. The van der Waals surface area contributed by atoms with Crippen LogP contribution in [0, 0.1) is 11.3 Å². The maximum atomic E-state index is 14.3. The van der Waals surface area contributed by atoms with Crippen molar-refractivity contribution in [3.05, 3.63) is 64.7 Å². The Morgan fingerprint density at radius 2 is 1.97 bits per heavy atom. The Hall–Kier alpha value is -3.51. The molecule has 1 N–H and O–H groups in total. The van der Waals surface area contributed by atoms with Crippen LogP contribution in [0.2, 0.25) is 0 Å². The van der Waals surface area contributed by atoms with E-state index >= 15 is 0 Å². The van der Waals surface area contributed by atoms with Crippen molar-refractivity contribution in [2.75, 3.05) is 23.9 Å². The van der Waals surface area contributed by atoms with Crippen molar-refractivity contribution in [3.8, 4) is 11.8 Å². The number of carbonyl (C=O) groups is 1. The van der Waals surface area contributed by atoms with Crippen LogP contribution in [0.5, 0.6) is 5.75 Å². The summed E-state index contributed by atoms with van der Waals surface area (Å²) in [7, 11) is 1.70. The van der Waals surface area contributed by atoms with Crippen LogP contribution in [0.4, 0.5) is 25.3 Å². The average molecular weight is 485 g/mol. The third kappa shape index (κ3) is 6.29. The third-order valence-corrected chi connectivity index (χ3v) is 6.03. The second-order valence-corrected chi connectivity index (χ2v) is 8.68. The number of carbonyl (C=O) groups excluding carboxylic acids is 1. The largest absolute Gasteiger partial charge is 0.493 e. The van der Waals surface area contributed by atoms with Crippen LogP contribution >= 0.6 is 11.3 Å². The number of rotatable bonds is 10. The number of thiazole rings is 1. The molecule has 3 rings (SSSR count). The van der Waals surface area contributed by atoms with Gasteiger partial charge in [0, 0.05) is 30.7 Å². The molecule has 0 spiro atoms. The molecule has 0 saturated carbocycles. The molecule has 0 atom stereocenters. The molecule has 178 valence electrons. The van der Waals surface area contributed by atoms with E-state index in [1.807, 2.05) is 6.07 Å². The maximum Gasteiger partial charge on any atom is 0.275 e. The lowest BCUT2D eigenvalue weighted by Crippen LogP contribution is -2.15. The van der Waals surface area contributed by atoms with Gasteiger partial charge < -0.3 is 15.0 Å². The van der Waals surface area contributed by atoms with Gasteiger partial charge in [-0.15, -0.1) is 11.3 Å². The van der Waals surface area contributed by atoms with Crippen LogP contribution in [0.3, 0.4) is 0 Å². The van der Waals surface area contributed by atoms with E-state index in [1.54, 1.807) is 53.7 Å². The summed E-state index contributed by atoms with van der Waals surface area (Å²) in [6.45, 7) is 3.30. The van der Waals surface area contributed by atoms with Crippen LogP contribution in [0.15, 0.2) is 47.8 Å². The lowest BCUT2D eigenvalue weighted by molar-refractivity contribution is 0.0145. The Morgan fingerprint density at radius 1 is 1.24 bits per heavy atom. The Kier molecular flexibility index (Phi) is 8.18. The molecule has 1 amide bonds. The summed E-state index contributed by atoms with van der Waals surface area (Å²) < 4.78 is 34.3. The van der Waals surface area contributed by atoms with Gasteiger partial charge in [0.25, 0.3) is 11.8 Å². The fourth-order valence-corrected chi connectivity index (χ4v) is 3.98. The molecular formula is C25H26F2N4O2S. The van der Waals surface area contributed by atoms with Crippen molar-refractivity contribution < 1.29 is 18.3 Å². The number of hydrogen-bond acceptors (Lipinski definition) is 6. The van der Waals surface area contributed by atoms with Gasteiger partial charge >= 0.3 is 0 Å². The minimum absolute atomic E-state index is 0.169. The molecule has 0 aliphatic rings. The van der Waals surface area contributed by atoms with E-state index in [9.17, 15) is 13.6 Å². The quantitative estimate of drug-likeness (QED) is 0.323. The first-order chi connectivity index (χ1) is 16.2. The highest BCUT2D eigenvalue weighted by Gasteiger charge is 2.30. The van der Waals surface area contributed by atoms with E-state index in [4.69, 9.17) is 10.00 Å². The predicted molar refractivity (Wildman–Crippen MR) is 130 cm³/mol. The van der Waals surface area contributed by atoms with Crippen molar-refractivity contribution in [2.45, 2.75) is 39.0 Å². The first-order valence-corrected chi connectivity index (χ1v) is 11.8. The number of benzene rings is 2. The summed E-state index contributed by atoms with van der Waals surface area (Å²) >= 11 is 1.23. The lowest BCUT2D eigenvalue weighted by Gasteiger charge is -2.21. The van der Waals surface area contributed by atoms with Gasteiger partial charge in [-0.1, -0.05) is 19.8 Å². The number of anilines is 3. The zero-order chi connectivity index (χ0) is 24.7. The molecule has 1 heterocycles. The van der Waals surface area contributed by atoms with E-state index in [1.165, 1.54) is 17.4 Å². The molecule has 3 aromatic rings. The highest BCUT2D eigenvalue weighted by molar-refractivity contribution is 7.14. The Labute approximate surface area is 201 Å². The average Bonchev–Trinajstić information content (AvgIpc) is 3.32. The minimum Gasteiger partial charge on any atom is -0.493 e. The molecule has 0 aliphatic carbocycles. The number of nitrogens with one attached hydrogen (secondary N) is 1. The number of hydrogen-bond donors (Lipinski definition) is 1. The van der Waals surface area contributed by atoms with E-state index in [0.29, 0.717) is 28.7 Å². The summed E-state index contributed by atoms with van der Waals surface area (Å²) in [6.07, 6.45) is 2.80. The van der Waals surface area contributed by atoms with Gasteiger partial charge in [-0.05, 0) is 48.9 Å². The zero-order valence-electron chi connectivity index (χ0n) is 19.3. The Bertz CT molecular complexity index is 1170. The van der Waals surface area contributed by atoms with Gasteiger partial charge in [-0.2, -0.15) is 5.26 Å². The molecule has 0 aliphatic heterocycles. The highest BCUT2D eigenvalue weighted by atomic mass is 32.1. The Balaban J connectivity index is 1.75. The number of aromatic nitrogens is 1. The second-order valence-electron chi connectivity index (χ2n) is 7.84. The van der Waals surface area contributed by atoms with Crippen molar-refractivity contribution in [1.29, 1.82) is 5.26 Å². The maximum absolute atomic E-state index is 14.3. The fraction of sp³-hybridized carbons (Fsp3) is 0.320. The van der Waals surface area contributed by atoms with Crippen LogP contribution in [0.25, 0.3) is 0 Å². The van der Waals surface area contributed by atoms with Crippen molar-refractivity contribution >= 4 is 33.8 Å². The van der Waals surface area contributed by atoms with Crippen molar-refractivity contribution in [2.24, 2.45) is 0 Å². The van der Waals surface area contributed by atoms with Gasteiger partial charge in [0.1, 0.15) is 11.4 Å². The van der Waals surface area contributed by atoms with E-state index in [-0.39, 0.29) is 17.0 Å². The molecule has 6 nitrogen and oxygen atoms in total. The van der Waals surface area contributed by atoms with Crippen molar-refractivity contribution in [1.82, 2.24) is 4.98 Å². The van der Waals surface area contributed by atoms with E-state index in [2.05, 4.69) is 17.2 Å². The number of ether oxygens (including phenoxy) is 1.